The molecule has 1 aromatic heterocycles. The van der Waals surface area contributed by atoms with Crippen LogP contribution in [-0.4, -0.2) is 50.6 Å². The highest BCUT2D eigenvalue weighted by molar-refractivity contribution is 5.90. The summed E-state index contributed by atoms with van der Waals surface area (Å²) in [5.41, 5.74) is 0. The van der Waals surface area contributed by atoms with Gasteiger partial charge in [0.15, 0.2) is 0 Å². The summed E-state index contributed by atoms with van der Waals surface area (Å²) in [4.78, 5) is 15.6. The van der Waals surface area contributed by atoms with E-state index in [2.05, 4.69) is 20.5 Å². The van der Waals surface area contributed by atoms with Crippen molar-refractivity contribution in [3.05, 3.63) is 11.6 Å². The molecule has 4 N–H and O–H groups in total. The van der Waals surface area contributed by atoms with Gasteiger partial charge < -0.3 is 15.5 Å². The molecule has 0 radical (unpaired) electrons. The van der Waals surface area contributed by atoms with Gasteiger partial charge in [-0.3, -0.25) is 9.89 Å². The number of amides is 1. The van der Waals surface area contributed by atoms with Gasteiger partial charge in [0.1, 0.15) is 5.82 Å². The number of H-pyrrole nitrogens is 1. The van der Waals surface area contributed by atoms with Crippen molar-refractivity contribution >= 4 is 5.91 Å². The van der Waals surface area contributed by atoms with Crippen LogP contribution in [0.4, 0.5) is 0 Å². The lowest BCUT2D eigenvalue weighted by Crippen LogP contribution is -2.40. The number of nitrogens with one attached hydrogen (secondary N) is 2. The van der Waals surface area contributed by atoms with E-state index in [1.807, 2.05) is 0 Å². The number of nitrogens with zero attached hydrogens (tertiary/aromatic N) is 2. The maximum Gasteiger partial charge on any atom is 0.291 e. The van der Waals surface area contributed by atoms with E-state index in [9.17, 15) is 4.79 Å². The van der Waals surface area contributed by atoms with Crippen molar-refractivity contribution in [3.8, 4) is 0 Å². The van der Waals surface area contributed by atoms with Crippen molar-refractivity contribution in [3.63, 3.8) is 0 Å². The van der Waals surface area contributed by atoms with Crippen LogP contribution in [-0.2, 0) is 0 Å². The third kappa shape index (κ3) is 2.37. The van der Waals surface area contributed by atoms with E-state index in [0.717, 1.165) is 18.7 Å². The van der Waals surface area contributed by atoms with Crippen molar-refractivity contribution in [2.45, 2.75) is 24.8 Å². The van der Waals surface area contributed by atoms with E-state index in [1.54, 1.807) is 0 Å². The number of hydrogen-bond donors (Lipinski definition) is 4. The number of aliphatic hydroxyl groups is 2. The molecule has 1 heterocycles. The second kappa shape index (κ2) is 4.58. The Morgan fingerprint density at radius 3 is 2.75 bits per heavy atom. The van der Waals surface area contributed by atoms with Gasteiger partial charge in [0, 0.05) is 5.92 Å². The van der Waals surface area contributed by atoms with Gasteiger partial charge >= 0.3 is 0 Å². The van der Waals surface area contributed by atoms with Gasteiger partial charge in [0.25, 0.3) is 5.91 Å². The minimum absolute atomic E-state index is 0.0498. The van der Waals surface area contributed by atoms with Gasteiger partial charge in [-0.2, -0.15) is 0 Å². The first-order valence-electron chi connectivity index (χ1n) is 5.19. The Kier molecular flexibility index (Phi) is 3.16. The molecule has 0 aliphatic heterocycles. The van der Waals surface area contributed by atoms with Crippen LogP contribution in [0.3, 0.4) is 0 Å². The Balaban J connectivity index is 1.96. The fourth-order valence-corrected chi connectivity index (χ4v) is 1.31. The first-order valence-corrected chi connectivity index (χ1v) is 5.19. The number of aromatic nitrogens is 3. The summed E-state index contributed by atoms with van der Waals surface area (Å²) < 4.78 is 0. The third-order valence-corrected chi connectivity index (χ3v) is 2.45. The van der Waals surface area contributed by atoms with Crippen LogP contribution in [0.5, 0.6) is 0 Å². The average Bonchev–Trinajstić information content (AvgIpc) is 3.03. The summed E-state index contributed by atoms with van der Waals surface area (Å²) in [7, 11) is 0. The predicted molar refractivity (Wildman–Crippen MR) is 53.8 cm³/mol. The molecule has 0 atom stereocenters. The second-order valence-corrected chi connectivity index (χ2v) is 3.85. The smallest absolute Gasteiger partial charge is 0.291 e. The zero-order valence-electron chi connectivity index (χ0n) is 8.68. The lowest BCUT2D eigenvalue weighted by atomic mass is 10.3. The molecule has 0 spiro atoms. The Labute approximate surface area is 91.9 Å². The molecule has 1 fully saturated rings. The molecule has 0 saturated heterocycles. The molecular formula is C9H14N4O3. The van der Waals surface area contributed by atoms with Crippen molar-refractivity contribution < 1.29 is 15.0 Å². The van der Waals surface area contributed by atoms with Gasteiger partial charge in [-0.25, -0.2) is 4.98 Å². The minimum atomic E-state index is -0.671. The summed E-state index contributed by atoms with van der Waals surface area (Å²) in [6.07, 6.45) is 2.15. The molecule has 7 nitrogen and oxygen atoms in total. The first kappa shape index (κ1) is 11.0. The molecular weight excluding hydrogens is 212 g/mol. The predicted octanol–water partition coefficient (Wildman–Crippen LogP) is -1.23. The summed E-state index contributed by atoms with van der Waals surface area (Å²) in [6, 6.07) is -0.671. The zero-order valence-corrected chi connectivity index (χ0v) is 8.68. The molecule has 88 valence electrons. The number of hydrogen-bond acceptors (Lipinski definition) is 5. The van der Waals surface area contributed by atoms with Gasteiger partial charge in [0.2, 0.25) is 5.82 Å². The Morgan fingerprint density at radius 2 is 2.19 bits per heavy atom. The van der Waals surface area contributed by atoms with Crippen LogP contribution in [0.1, 0.15) is 35.2 Å². The molecule has 16 heavy (non-hydrogen) atoms. The molecule has 1 aliphatic rings. The lowest BCUT2D eigenvalue weighted by molar-refractivity contribution is 0.0869. The third-order valence-electron chi connectivity index (χ3n) is 2.45. The molecule has 1 aromatic rings. The minimum Gasteiger partial charge on any atom is -0.394 e. The molecule has 0 unspecified atom stereocenters. The van der Waals surface area contributed by atoms with Crippen LogP contribution in [0, 0.1) is 0 Å². The van der Waals surface area contributed by atoms with E-state index >= 15 is 0 Å². The quantitative estimate of drug-likeness (QED) is 0.502. The van der Waals surface area contributed by atoms with Crippen molar-refractivity contribution in [2.24, 2.45) is 0 Å². The normalized spacial score (nSPS) is 15.4. The monoisotopic (exact) mass is 226 g/mol. The van der Waals surface area contributed by atoms with Crippen LogP contribution >= 0.6 is 0 Å². The maximum atomic E-state index is 11.6. The Hall–Kier alpha value is -1.47. The Bertz CT molecular complexity index is 371. The summed E-state index contributed by atoms with van der Waals surface area (Å²) >= 11 is 0. The maximum absolute atomic E-state index is 11.6. The van der Waals surface area contributed by atoms with E-state index < -0.39 is 11.9 Å². The highest BCUT2D eigenvalue weighted by atomic mass is 16.3. The van der Waals surface area contributed by atoms with Crippen molar-refractivity contribution in [1.82, 2.24) is 20.5 Å². The summed E-state index contributed by atoms with van der Waals surface area (Å²) in [5, 5.41) is 26.5. The Morgan fingerprint density at radius 1 is 1.50 bits per heavy atom. The lowest BCUT2D eigenvalue weighted by Gasteiger charge is -2.10. The summed E-state index contributed by atoms with van der Waals surface area (Å²) in [5.74, 6) is 0.695. The molecule has 7 heteroatoms. The molecule has 2 rings (SSSR count). The molecule has 0 bridgehead atoms. The molecule has 1 amide bonds. The fraction of sp³-hybridized carbons (Fsp3) is 0.667. The number of rotatable bonds is 5. The standard InChI is InChI=1S/C9H14N4O3/c14-3-6(4-15)10-9(16)8-11-7(12-13-8)5-1-2-5/h5-6,14-15H,1-4H2,(H,10,16)(H,11,12,13). The topological polar surface area (TPSA) is 111 Å². The van der Waals surface area contributed by atoms with Gasteiger partial charge in [-0.05, 0) is 12.8 Å². The van der Waals surface area contributed by atoms with Crippen LogP contribution in [0.25, 0.3) is 0 Å². The number of aliphatic hydroxyl groups excluding tert-OH is 2. The van der Waals surface area contributed by atoms with Crippen molar-refractivity contribution in [1.29, 1.82) is 0 Å². The van der Waals surface area contributed by atoms with Gasteiger partial charge in [0.05, 0.1) is 19.3 Å². The highest BCUT2D eigenvalue weighted by Gasteiger charge is 2.28. The zero-order chi connectivity index (χ0) is 11.5. The van der Waals surface area contributed by atoms with Crippen molar-refractivity contribution in [2.75, 3.05) is 13.2 Å². The molecule has 1 saturated carbocycles. The first-order chi connectivity index (χ1) is 7.74. The van der Waals surface area contributed by atoms with Gasteiger partial charge in [-0.15, -0.1) is 5.10 Å². The van der Waals surface area contributed by atoms with Crippen LogP contribution in [0.15, 0.2) is 0 Å². The number of carbonyl (C=O) groups excluding carboxylic acids is 1. The molecule has 0 aromatic carbocycles. The van der Waals surface area contributed by atoms with E-state index in [0.29, 0.717) is 5.92 Å². The number of carbonyl (C=O) groups is 1. The molecule has 1 aliphatic carbocycles. The van der Waals surface area contributed by atoms with E-state index in [1.165, 1.54) is 0 Å². The average molecular weight is 226 g/mol. The highest BCUT2D eigenvalue weighted by Crippen LogP contribution is 2.37. The largest absolute Gasteiger partial charge is 0.394 e. The van der Waals surface area contributed by atoms with Gasteiger partial charge in [-0.1, -0.05) is 0 Å². The SMILES string of the molecule is O=C(NC(CO)CO)c1n[nH]c(C2CC2)n1. The van der Waals surface area contributed by atoms with E-state index in [-0.39, 0.29) is 19.0 Å². The summed E-state index contributed by atoms with van der Waals surface area (Å²) in [6.45, 7) is -0.635. The van der Waals surface area contributed by atoms with Crippen LogP contribution < -0.4 is 5.32 Å². The van der Waals surface area contributed by atoms with Crippen LogP contribution in [0.2, 0.25) is 0 Å². The second-order valence-electron chi connectivity index (χ2n) is 3.85. The van der Waals surface area contributed by atoms with E-state index in [4.69, 9.17) is 10.2 Å². The fourth-order valence-electron chi connectivity index (χ4n) is 1.31. The number of aromatic amines is 1.